The van der Waals surface area contributed by atoms with E-state index in [4.69, 9.17) is 14.2 Å². The lowest BCUT2D eigenvalue weighted by Crippen LogP contribution is -2.42. The molecule has 1 aromatic carbocycles. The summed E-state index contributed by atoms with van der Waals surface area (Å²) in [6, 6.07) is 7.54. The van der Waals surface area contributed by atoms with Crippen LogP contribution in [0.25, 0.3) is 0 Å². The average molecular weight is 335 g/mol. The largest absolute Gasteiger partial charge is 0.497 e. The van der Waals surface area contributed by atoms with Gasteiger partial charge in [0.15, 0.2) is 0 Å². The predicted octanol–water partition coefficient (Wildman–Crippen LogP) is 2.01. The number of nitrogens with zero attached hydrogens (tertiary/aromatic N) is 1. The summed E-state index contributed by atoms with van der Waals surface area (Å²) in [5.41, 5.74) is 0.971. The Balaban J connectivity index is 2.10. The molecule has 1 aromatic rings. The molecule has 1 fully saturated rings. The fraction of sp³-hybridized carbons (Fsp3) is 0.556. The van der Waals surface area contributed by atoms with Gasteiger partial charge in [0.25, 0.3) is 5.91 Å². The number of amides is 1. The van der Waals surface area contributed by atoms with Gasteiger partial charge in [0, 0.05) is 19.7 Å². The number of ether oxygens (including phenoxy) is 3. The monoisotopic (exact) mass is 335 g/mol. The Labute approximate surface area is 142 Å². The van der Waals surface area contributed by atoms with E-state index >= 15 is 0 Å². The second kappa shape index (κ2) is 8.68. The minimum absolute atomic E-state index is 0.0703. The number of methoxy groups -OCH3 is 2. The van der Waals surface area contributed by atoms with E-state index in [9.17, 15) is 9.59 Å². The van der Waals surface area contributed by atoms with Gasteiger partial charge in [-0.15, -0.1) is 0 Å². The van der Waals surface area contributed by atoms with E-state index in [1.54, 1.807) is 18.9 Å². The first-order valence-corrected chi connectivity index (χ1v) is 8.16. The molecule has 1 aliphatic rings. The summed E-state index contributed by atoms with van der Waals surface area (Å²) in [5.74, 6) is -0.0220. The van der Waals surface area contributed by atoms with Crippen LogP contribution in [-0.2, 0) is 25.6 Å². The molecule has 1 saturated heterocycles. The van der Waals surface area contributed by atoms with Crippen LogP contribution in [0.1, 0.15) is 25.3 Å². The lowest BCUT2D eigenvalue weighted by atomic mass is 10.1. The van der Waals surface area contributed by atoms with Crippen LogP contribution in [0.3, 0.4) is 0 Å². The zero-order chi connectivity index (χ0) is 17.5. The van der Waals surface area contributed by atoms with Crippen LogP contribution in [-0.4, -0.2) is 50.3 Å². The number of rotatable bonds is 7. The zero-order valence-corrected chi connectivity index (χ0v) is 14.5. The summed E-state index contributed by atoms with van der Waals surface area (Å²) in [4.78, 5) is 26.1. The maximum atomic E-state index is 12.7. The molecule has 2 atom stereocenters. The van der Waals surface area contributed by atoms with Crippen LogP contribution in [0.15, 0.2) is 24.3 Å². The Bertz CT molecular complexity index is 551. The van der Waals surface area contributed by atoms with Crippen molar-refractivity contribution in [3.05, 3.63) is 29.8 Å². The number of esters is 1. The Hall–Kier alpha value is -2.08. The van der Waals surface area contributed by atoms with Gasteiger partial charge < -0.3 is 19.1 Å². The van der Waals surface area contributed by atoms with Gasteiger partial charge in [0.05, 0.1) is 20.1 Å². The number of hydrogen-bond donors (Lipinski definition) is 0. The number of carbonyl (C=O) groups is 2. The molecule has 1 amide bonds. The highest BCUT2D eigenvalue weighted by Crippen LogP contribution is 2.19. The molecule has 1 heterocycles. The van der Waals surface area contributed by atoms with Gasteiger partial charge in [-0.1, -0.05) is 19.1 Å². The summed E-state index contributed by atoms with van der Waals surface area (Å²) in [6.07, 6.45) is 1.21. The zero-order valence-electron chi connectivity index (χ0n) is 14.5. The van der Waals surface area contributed by atoms with Gasteiger partial charge >= 0.3 is 5.97 Å². The molecule has 0 N–H and O–H groups in total. The molecule has 0 spiro atoms. The molecule has 0 radical (unpaired) electrons. The molecule has 6 nitrogen and oxygen atoms in total. The summed E-state index contributed by atoms with van der Waals surface area (Å²) in [7, 11) is 2.97. The summed E-state index contributed by atoms with van der Waals surface area (Å²) < 4.78 is 15.4. The fourth-order valence-electron chi connectivity index (χ4n) is 2.77. The third kappa shape index (κ3) is 4.71. The first-order chi connectivity index (χ1) is 11.5. The van der Waals surface area contributed by atoms with E-state index < -0.39 is 12.0 Å². The van der Waals surface area contributed by atoms with Crippen molar-refractivity contribution in [1.29, 1.82) is 0 Å². The molecule has 1 aliphatic heterocycles. The Morgan fingerprint density at radius 2 is 2.00 bits per heavy atom. The maximum Gasteiger partial charge on any atom is 0.310 e. The summed E-state index contributed by atoms with van der Waals surface area (Å²) >= 11 is 0. The Morgan fingerprint density at radius 3 is 2.54 bits per heavy atom. The lowest BCUT2D eigenvalue weighted by Gasteiger charge is -2.27. The molecule has 0 bridgehead atoms. The molecule has 2 unspecified atom stereocenters. The van der Waals surface area contributed by atoms with Crippen molar-refractivity contribution in [3.8, 4) is 5.75 Å². The fourth-order valence-corrected chi connectivity index (χ4v) is 2.77. The molecule has 6 heteroatoms. The number of benzene rings is 1. The highest BCUT2D eigenvalue weighted by molar-refractivity contribution is 5.82. The van der Waals surface area contributed by atoms with Crippen molar-refractivity contribution >= 4 is 11.9 Å². The van der Waals surface area contributed by atoms with Gasteiger partial charge in [-0.25, -0.2) is 0 Å². The quantitative estimate of drug-likeness (QED) is 0.713. The van der Waals surface area contributed by atoms with Crippen LogP contribution in [0, 0.1) is 5.92 Å². The van der Waals surface area contributed by atoms with E-state index in [0.717, 1.165) is 24.2 Å². The van der Waals surface area contributed by atoms with E-state index in [-0.39, 0.29) is 11.9 Å². The van der Waals surface area contributed by atoms with Crippen LogP contribution < -0.4 is 4.74 Å². The first kappa shape index (κ1) is 18.3. The average Bonchev–Trinajstić information content (AvgIpc) is 3.14. The highest BCUT2D eigenvalue weighted by atomic mass is 16.5. The van der Waals surface area contributed by atoms with E-state index in [1.807, 2.05) is 24.3 Å². The van der Waals surface area contributed by atoms with E-state index in [2.05, 4.69) is 0 Å². The molecule has 24 heavy (non-hydrogen) atoms. The Kier molecular flexibility index (Phi) is 6.61. The molecule has 0 aromatic heterocycles. The molecular weight excluding hydrogens is 310 g/mol. The van der Waals surface area contributed by atoms with Crippen LogP contribution in [0.5, 0.6) is 5.75 Å². The molecule has 0 saturated carbocycles. The van der Waals surface area contributed by atoms with Crippen molar-refractivity contribution in [2.24, 2.45) is 5.92 Å². The third-order valence-electron chi connectivity index (χ3n) is 4.15. The SMILES string of the molecule is COC(=O)C(C)CN(Cc1ccc(OC)cc1)C(=O)C1CCCO1. The number of hydrogen-bond acceptors (Lipinski definition) is 5. The standard InChI is InChI=1S/C18H25NO5/c1-13(18(21)23-3)11-19(17(20)16-5-4-10-24-16)12-14-6-8-15(22-2)9-7-14/h6-9,13,16H,4-5,10-12H2,1-3H3. The topological polar surface area (TPSA) is 65.1 Å². The molecule has 0 aliphatic carbocycles. The lowest BCUT2D eigenvalue weighted by molar-refractivity contribution is -0.148. The van der Waals surface area contributed by atoms with Gasteiger partial charge in [-0.05, 0) is 30.5 Å². The first-order valence-electron chi connectivity index (χ1n) is 8.16. The second-order valence-electron chi connectivity index (χ2n) is 5.99. The van der Waals surface area contributed by atoms with Crippen LogP contribution >= 0.6 is 0 Å². The van der Waals surface area contributed by atoms with Gasteiger partial charge in [0.2, 0.25) is 0 Å². The van der Waals surface area contributed by atoms with Gasteiger partial charge in [-0.3, -0.25) is 9.59 Å². The van der Waals surface area contributed by atoms with Crippen molar-refractivity contribution in [1.82, 2.24) is 4.90 Å². The van der Waals surface area contributed by atoms with Crippen LogP contribution in [0.2, 0.25) is 0 Å². The number of carbonyl (C=O) groups excluding carboxylic acids is 2. The molecule has 2 rings (SSSR count). The second-order valence-corrected chi connectivity index (χ2v) is 5.99. The smallest absolute Gasteiger partial charge is 0.310 e. The van der Waals surface area contributed by atoms with Crippen LogP contribution in [0.4, 0.5) is 0 Å². The van der Waals surface area contributed by atoms with Crippen molar-refractivity contribution in [3.63, 3.8) is 0 Å². The van der Waals surface area contributed by atoms with Crippen molar-refractivity contribution in [2.45, 2.75) is 32.4 Å². The minimum Gasteiger partial charge on any atom is -0.497 e. The van der Waals surface area contributed by atoms with Gasteiger partial charge in [-0.2, -0.15) is 0 Å². The minimum atomic E-state index is -0.409. The van der Waals surface area contributed by atoms with Crippen molar-refractivity contribution < 1.29 is 23.8 Å². The van der Waals surface area contributed by atoms with Gasteiger partial charge in [0.1, 0.15) is 11.9 Å². The van der Waals surface area contributed by atoms with Crippen molar-refractivity contribution in [2.75, 3.05) is 27.4 Å². The van der Waals surface area contributed by atoms with E-state index in [0.29, 0.717) is 19.7 Å². The van der Waals surface area contributed by atoms with E-state index in [1.165, 1.54) is 7.11 Å². The summed E-state index contributed by atoms with van der Waals surface area (Å²) in [5, 5.41) is 0. The maximum absolute atomic E-state index is 12.7. The predicted molar refractivity (Wildman–Crippen MR) is 88.6 cm³/mol. The Morgan fingerprint density at radius 1 is 1.29 bits per heavy atom. The molecule has 132 valence electrons. The summed E-state index contributed by atoms with van der Waals surface area (Å²) in [6.45, 7) is 3.09. The normalized spacial score (nSPS) is 18.0. The highest BCUT2D eigenvalue weighted by Gasteiger charge is 2.30. The molecular formula is C18H25NO5. The third-order valence-corrected chi connectivity index (χ3v) is 4.15.